The number of carbonyl (C=O) groups is 2. The minimum Gasteiger partial charge on any atom is -0.481 e. The Morgan fingerprint density at radius 3 is 2.63 bits per heavy atom. The first-order valence-electron chi connectivity index (χ1n) is 6.15. The fourth-order valence-corrected chi connectivity index (χ4v) is 2.00. The van der Waals surface area contributed by atoms with Crippen molar-refractivity contribution >= 4 is 23.5 Å². The monoisotopic (exact) mass is 286 g/mol. The van der Waals surface area contributed by atoms with Crippen molar-refractivity contribution in [3.63, 3.8) is 0 Å². The maximum absolute atomic E-state index is 12.2. The van der Waals surface area contributed by atoms with E-state index in [1.165, 1.54) is 0 Å². The van der Waals surface area contributed by atoms with Crippen LogP contribution < -0.4 is 5.32 Å². The zero-order valence-electron chi connectivity index (χ0n) is 11.4. The Balaban J connectivity index is 2.75. The molecule has 0 radical (unpaired) electrons. The average molecular weight is 287 g/mol. The molecule has 0 atom stereocenters. The first-order chi connectivity index (χ1) is 8.75. The van der Waals surface area contributed by atoms with Crippen LogP contribution in [0.1, 0.15) is 44.1 Å². The highest BCUT2D eigenvalue weighted by Crippen LogP contribution is 2.17. The Kier molecular flexibility index (Phi) is 5.00. The zero-order chi connectivity index (χ0) is 14.6. The first-order valence-corrected chi connectivity index (χ1v) is 6.53. The third-order valence-corrected chi connectivity index (χ3v) is 3.06. The molecule has 0 saturated carbocycles. The van der Waals surface area contributed by atoms with Gasteiger partial charge in [0, 0.05) is 24.7 Å². The lowest BCUT2D eigenvalue weighted by atomic mass is 9.98. The van der Waals surface area contributed by atoms with E-state index in [9.17, 15) is 9.59 Å². The topological polar surface area (TPSA) is 71.3 Å². The fourth-order valence-electron chi connectivity index (χ4n) is 1.78. The Bertz CT molecular complexity index is 480. The van der Waals surface area contributed by atoms with Gasteiger partial charge in [-0.05, 0) is 33.3 Å². The number of hydrogen-bond donors (Lipinski definition) is 2. The van der Waals surface area contributed by atoms with Gasteiger partial charge >= 0.3 is 5.97 Å². The molecule has 0 aromatic carbocycles. The van der Waals surface area contributed by atoms with Crippen LogP contribution in [0.5, 0.6) is 0 Å². The van der Waals surface area contributed by atoms with E-state index in [1.54, 1.807) is 30.7 Å². The molecule has 5 nitrogen and oxygen atoms in total. The second kappa shape index (κ2) is 6.10. The van der Waals surface area contributed by atoms with Crippen molar-refractivity contribution < 1.29 is 14.7 Å². The van der Waals surface area contributed by atoms with Crippen molar-refractivity contribution in [3.8, 4) is 0 Å². The van der Waals surface area contributed by atoms with Crippen LogP contribution in [0.4, 0.5) is 0 Å². The number of carboxylic acids is 1. The normalized spacial score (nSPS) is 11.4. The van der Waals surface area contributed by atoms with Gasteiger partial charge in [-0.15, -0.1) is 0 Å². The minimum absolute atomic E-state index is 0.0167. The number of hydrogen-bond acceptors (Lipinski definition) is 2. The summed E-state index contributed by atoms with van der Waals surface area (Å²) in [5.41, 5.74) is -0.0963. The van der Waals surface area contributed by atoms with Crippen LogP contribution >= 0.6 is 11.6 Å². The lowest BCUT2D eigenvalue weighted by Gasteiger charge is -2.25. The van der Waals surface area contributed by atoms with E-state index >= 15 is 0 Å². The number of aromatic nitrogens is 1. The molecule has 0 aliphatic heterocycles. The van der Waals surface area contributed by atoms with E-state index in [-0.39, 0.29) is 12.3 Å². The second-order valence-corrected chi connectivity index (χ2v) is 5.50. The van der Waals surface area contributed by atoms with Crippen LogP contribution in [0, 0.1) is 0 Å². The van der Waals surface area contributed by atoms with Crippen molar-refractivity contribution in [2.45, 2.75) is 45.7 Å². The molecular weight excluding hydrogens is 268 g/mol. The van der Waals surface area contributed by atoms with Crippen molar-refractivity contribution in [1.29, 1.82) is 0 Å². The number of halogens is 1. The highest BCUT2D eigenvalue weighted by Gasteiger charge is 2.23. The van der Waals surface area contributed by atoms with Gasteiger partial charge in [0.25, 0.3) is 5.91 Å². The van der Waals surface area contributed by atoms with E-state index in [0.29, 0.717) is 23.7 Å². The molecule has 19 heavy (non-hydrogen) atoms. The average Bonchev–Trinajstić information content (AvgIpc) is 2.67. The van der Waals surface area contributed by atoms with E-state index in [2.05, 4.69) is 5.32 Å². The van der Waals surface area contributed by atoms with Gasteiger partial charge in [-0.1, -0.05) is 11.6 Å². The third kappa shape index (κ3) is 4.59. The number of amides is 1. The maximum atomic E-state index is 12.2. The predicted octanol–water partition coefficient (Wildman–Crippen LogP) is 2.53. The highest BCUT2D eigenvalue weighted by atomic mass is 35.5. The Labute approximate surface area is 117 Å². The summed E-state index contributed by atoms with van der Waals surface area (Å²) in [5, 5.41) is 12.0. The quantitative estimate of drug-likeness (QED) is 0.844. The lowest BCUT2D eigenvalue weighted by Crippen LogP contribution is -2.44. The summed E-state index contributed by atoms with van der Waals surface area (Å²) in [6.45, 7) is 6.16. The summed E-state index contributed by atoms with van der Waals surface area (Å²) in [4.78, 5) is 22.7. The fraction of sp³-hybridized carbons (Fsp3) is 0.538. The molecule has 0 aliphatic rings. The molecule has 0 bridgehead atoms. The molecule has 1 rings (SSSR count). The van der Waals surface area contributed by atoms with Gasteiger partial charge in [-0.3, -0.25) is 9.59 Å². The van der Waals surface area contributed by atoms with Crippen molar-refractivity contribution in [1.82, 2.24) is 9.88 Å². The number of nitrogens with zero attached hydrogens (tertiary/aromatic N) is 1. The number of aryl methyl sites for hydroxylation is 1. The highest BCUT2D eigenvalue weighted by molar-refractivity contribution is 6.31. The second-order valence-electron chi connectivity index (χ2n) is 5.06. The number of nitrogens with one attached hydrogen (secondary N) is 1. The maximum Gasteiger partial charge on any atom is 0.303 e. The molecule has 106 valence electrons. The molecule has 1 heterocycles. The van der Waals surface area contributed by atoms with Crippen LogP contribution in [0.25, 0.3) is 0 Å². The van der Waals surface area contributed by atoms with E-state index in [0.717, 1.165) is 0 Å². The summed E-state index contributed by atoms with van der Waals surface area (Å²) >= 11 is 5.88. The molecular formula is C13H19ClN2O3. The van der Waals surface area contributed by atoms with Crippen LogP contribution in [0.3, 0.4) is 0 Å². The molecule has 0 fully saturated rings. The number of carboxylic acid groups (broad SMARTS) is 1. The van der Waals surface area contributed by atoms with Gasteiger partial charge in [0.05, 0.1) is 5.02 Å². The Morgan fingerprint density at radius 1 is 1.47 bits per heavy atom. The van der Waals surface area contributed by atoms with Gasteiger partial charge in [0.2, 0.25) is 0 Å². The van der Waals surface area contributed by atoms with Gasteiger partial charge in [0.1, 0.15) is 5.69 Å². The van der Waals surface area contributed by atoms with Gasteiger partial charge < -0.3 is 15.0 Å². The summed E-state index contributed by atoms with van der Waals surface area (Å²) in [5.74, 6) is -1.12. The van der Waals surface area contributed by atoms with E-state index < -0.39 is 11.5 Å². The smallest absolute Gasteiger partial charge is 0.303 e. The Hall–Kier alpha value is -1.49. The molecule has 2 N–H and O–H groups in total. The standard InChI is InChI=1S/C13H19ClN2O3/c1-4-16-8-9(14)7-10(16)12(19)15-13(2,3)6-5-11(17)18/h7-8H,4-6H2,1-3H3,(H,15,19)(H,17,18). The molecule has 0 spiro atoms. The van der Waals surface area contributed by atoms with Crippen molar-refractivity contribution in [2.75, 3.05) is 0 Å². The molecule has 0 unspecified atom stereocenters. The predicted molar refractivity (Wildman–Crippen MR) is 73.5 cm³/mol. The van der Waals surface area contributed by atoms with Crippen molar-refractivity contribution in [2.24, 2.45) is 0 Å². The molecule has 1 aromatic rings. The molecule has 0 saturated heterocycles. The van der Waals surface area contributed by atoms with Crippen LogP contribution in [0.15, 0.2) is 12.3 Å². The largest absolute Gasteiger partial charge is 0.481 e. The zero-order valence-corrected chi connectivity index (χ0v) is 12.1. The molecule has 1 amide bonds. The van der Waals surface area contributed by atoms with Crippen LogP contribution in [0.2, 0.25) is 5.02 Å². The number of rotatable bonds is 6. The van der Waals surface area contributed by atoms with E-state index in [4.69, 9.17) is 16.7 Å². The summed E-state index contributed by atoms with van der Waals surface area (Å²) in [6.07, 6.45) is 2.08. The number of carbonyl (C=O) groups excluding carboxylic acids is 1. The van der Waals surface area contributed by atoms with Crippen LogP contribution in [-0.2, 0) is 11.3 Å². The van der Waals surface area contributed by atoms with Crippen molar-refractivity contribution in [3.05, 3.63) is 23.0 Å². The van der Waals surface area contributed by atoms with Crippen LogP contribution in [-0.4, -0.2) is 27.1 Å². The first kappa shape index (κ1) is 15.6. The molecule has 0 aliphatic carbocycles. The third-order valence-electron chi connectivity index (χ3n) is 2.85. The molecule has 1 aromatic heterocycles. The lowest BCUT2D eigenvalue weighted by molar-refractivity contribution is -0.137. The summed E-state index contributed by atoms with van der Waals surface area (Å²) in [6, 6.07) is 1.60. The van der Waals surface area contributed by atoms with Gasteiger partial charge in [0.15, 0.2) is 0 Å². The Morgan fingerprint density at radius 2 is 2.11 bits per heavy atom. The summed E-state index contributed by atoms with van der Waals surface area (Å²) in [7, 11) is 0. The minimum atomic E-state index is -0.873. The SMILES string of the molecule is CCn1cc(Cl)cc1C(=O)NC(C)(C)CCC(=O)O. The van der Waals surface area contributed by atoms with Gasteiger partial charge in [-0.2, -0.15) is 0 Å². The molecule has 6 heteroatoms. The summed E-state index contributed by atoms with van der Waals surface area (Å²) < 4.78 is 1.75. The van der Waals surface area contributed by atoms with E-state index in [1.807, 2.05) is 6.92 Å². The number of aliphatic carboxylic acids is 1. The van der Waals surface area contributed by atoms with Gasteiger partial charge in [-0.25, -0.2) is 0 Å².